The van der Waals surface area contributed by atoms with Crippen LogP contribution in [0.2, 0.25) is 0 Å². The molecule has 0 spiro atoms. The van der Waals surface area contributed by atoms with Crippen molar-refractivity contribution in [2.75, 3.05) is 4.90 Å². The molecule has 0 unspecified atom stereocenters. The first kappa shape index (κ1) is 18.2. The van der Waals surface area contributed by atoms with Crippen LogP contribution in [0, 0.1) is 0 Å². The topological polar surface area (TPSA) is 73.6 Å². The zero-order valence-electron chi connectivity index (χ0n) is 14.3. The van der Waals surface area contributed by atoms with Crippen molar-refractivity contribution in [3.05, 3.63) is 83.0 Å². The summed E-state index contributed by atoms with van der Waals surface area (Å²) < 4.78 is 6.23. The highest BCUT2D eigenvalue weighted by Crippen LogP contribution is 2.36. The Morgan fingerprint density at radius 1 is 1.07 bits per heavy atom. The first-order chi connectivity index (χ1) is 13.5. The number of thioether (sulfide) groups is 1. The lowest BCUT2D eigenvalue weighted by Crippen LogP contribution is -2.27. The van der Waals surface area contributed by atoms with Gasteiger partial charge >= 0.3 is 0 Å². The molecule has 1 aliphatic heterocycles. The second-order valence-electron chi connectivity index (χ2n) is 5.92. The fourth-order valence-electron chi connectivity index (χ4n) is 2.78. The summed E-state index contributed by atoms with van der Waals surface area (Å²) in [6.45, 7) is 0. The van der Waals surface area contributed by atoms with Gasteiger partial charge in [0.1, 0.15) is 11.5 Å². The number of furan rings is 1. The molecule has 2 aromatic carbocycles. The minimum absolute atomic E-state index is 0.0687. The maximum absolute atomic E-state index is 12.8. The normalized spacial score (nSPS) is 15.4. The van der Waals surface area contributed by atoms with Crippen LogP contribution < -0.4 is 10.0 Å². The fraction of sp³-hybridized carbons (Fsp3) is 0. The Bertz CT molecular complexity index is 1120. The number of para-hydroxylation sites is 1. The van der Waals surface area contributed by atoms with Gasteiger partial charge in [0.15, 0.2) is 4.32 Å². The summed E-state index contributed by atoms with van der Waals surface area (Å²) >= 11 is 6.55. The van der Waals surface area contributed by atoms with Crippen molar-refractivity contribution in [3.8, 4) is 11.3 Å². The number of nitrogens with zero attached hydrogens (tertiary/aromatic N) is 1. The van der Waals surface area contributed by atoms with Gasteiger partial charge in [-0.1, -0.05) is 60.4 Å². The summed E-state index contributed by atoms with van der Waals surface area (Å²) in [5.41, 5.74) is 1.39. The van der Waals surface area contributed by atoms with Crippen LogP contribution in [0.15, 0.2) is 76.1 Å². The average molecular weight is 406 g/mol. The number of hydrogen-bond acceptors (Lipinski definition) is 6. The van der Waals surface area contributed by atoms with Gasteiger partial charge in [-0.3, -0.25) is 9.69 Å². The Morgan fingerprint density at radius 2 is 1.86 bits per heavy atom. The molecule has 7 heteroatoms. The van der Waals surface area contributed by atoms with E-state index in [0.29, 0.717) is 32.0 Å². The highest BCUT2D eigenvalue weighted by atomic mass is 32.2. The third-order valence-corrected chi connectivity index (χ3v) is 5.39. The first-order valence-corrected chi connectivity index (χ1v) is 9.50. The molecule has 1 saturated heterocycles. The smallest absolute Gasteiger partial charge is 0.270 e. The van der Waals surface area contributed by atoms with Crippen LogP contribution in [0.3, 0.4) is 0 Å². The number of rotatable bonds is 4. The van der Waals surface area contributed by atoms with E-state index in [0.717, 1.165) is 0 Å². The van der Waals surface area contributed by atoms with E-state index < -0.39 is 5.97 Å². The van der Waals surface area contributed by atoms with E-state index >= 15 is 0 Å². The van der Waals surface area contributed by atoms with Crippen LogP contribution in [-0.2, 0) is 4.79 Å². The largest absolute Gasteiger partial charge is 0.545 e. The molecule has 0 bridgehead atoms. The predicted molar refractivity (Wildman–Crippen MR) is 111 cm³/mol. The molecular weight excluding hydrogens is 394 g/mol. The van der Waals surface area contributed by atoms with E-state index in [1.807, 2.05) is 30.3 Å². The molecule has 0 radical (unpaired) electrons. The summed E-state index contributed by atoms with van der Waals surface area (Å²) in [4.78, 5) is 25.7. The maximum Gasteiger partial charge on any atom is 0.270 e. The molecule has 1 amide bonds. The van der Waals surface area contributed by atoms with Crippen molar-refractivity contribution in [1.29, 1.82) is 0 Å². The Hall–Kier alpha value is -3.16. The number of carboxylic acids is 1. The van der Waals surface area contributed by atoms with Crippen LogP contribution in [0.1, 0.15) is 16.1 Å². The van der Waals surface area contributed by atoms with Crippen molar-refractivity contribution in [2.24, 2.45) is 0 Å². The molecular formula is C21H12NO4S2-. The number of anilines is 1. The highest BCUT2D eigenvalue weighted by Gasteiger charge is 2.33. The van der Waals surface area contributed by atoms with E-state index in [4.69, 9.17) is 16.6 Å². The quantitative estimate of drug-likeness (QED) is 0.486. The predicted octanol–water partition coefficient (Wildman–Crippen LogP) is 3.72. The molecule has 5 nitrogen and oxygen atoms in total. The average Bonchev–Trinajstić information content (AvgIpc) is 3.27. The number of aromatic carboxylic acids is 1. The van der Waals surface area contributed by atoms with E-state index in [9.17, 15) is 14.7 Å². The maximum atomic E-state index is 12.8. The number of amides is 1. The van der Waals surface area contributed by atoms with Crippen LogP contribution in [0.5, 0.6) is 0 Å². The molecule has 3 aromatic rings. The second kappa shape index (κ2) is 7.46. The summed E-state index contributed by atoms with van der Waals surface area (Å²) in [6.07, 6.45) is 1.63. The van der Waals surface area contributed by atoms with Crippen molar-refractivity contribution < 1.29 is 19.1 Å². The molecule has 138 valence electrons. The lowest BCUT2D eigenvalue weighted by atomic mass is 10.1. The SMILES string of the molecule is O=C([O-])c1cccc(-c2ccc(C=C3SC(=S)N(c4ccccc4)C3=O)o2)c1. The highest BCUT2D eigenvalue weighted by molar-refractivity contribution is 8.27. The standard InChI is InChI=1S/C21H13NO4S2/c23-19-18(28-21(27)22(19)15-7-2-1-3-8-15)12-16-9-10-17(26-16)13-5-4-6-14(11-13)20(24)25/h1-12H,(H,24,25)/p-1. The number of thiocarbonyl (C=S) groups is 1. The van der Waals surface area contributed by atoms with E-state index in [-0.39, 0.29) is 11.5 Å². The zero-order valence-corrected chi connectivity index (χ0v) is 16.0. The summed E-state index contributed by atoms with van der Waals surface area (Å²) in [5.74, 6) is -0.494. The monoisotopic (exact) mass is 406 g/mol. The van der Waals surface area contributed by atoms with Crippen molar-refractivity contribution in [3.63, 3.8) is 0 Å². The van der Waals surface area contributed by atoms with Crippen molar-refractivity contribution in [2.45, 2.75) is 0 Å². The Kier molecular flexibility index (Phi) is 4.85. The van der Waals surface area contributed by atoms with E-state index in [2.05, 4.69) is 0 Å². The van der Waals surface area contributed by atoms with Gasteiger partial charge in [0.2, 0.25) is 0 Å². The fourth-order valence-corrected chi connectivity index (χ4v) is 4.06. The molecule has 28 heavy (non-hydrogen) atoms. The van der Waals surface area contributed by atoms with Gasteiger partial charge in [0, 0.05) is 11.6 Å². The molecule has 0 N–H and O–H groups in total. The van der Waals surface area contributed by atoms with E-state index in [1.54, 1.807) is 30.3 Å². The number of hydrogen-bond donors (Lipinski definition) is 0. The summed E-state index contributed by atoms with van der Waals surface area (Å²) in [7, 11) is 0. The summed E-state index contributed by atoms with van der Waals surface area (Å²) in [6, 6.07) is 18.9. The number of benzene rings is 2. The molecule has 0 aliphatic carbocycles. The van der Waals surface area contributed by atoms with Crippen molar-refractivity contribution >= 4 is 51.9 Å². The molecule has 1 aromatic heterocycles. The lowest BCUT2D eigenvalue weighted by molar-refractivity contribution is -0.255. The van der Waals surface area contributed by atoms with Crippen molar-refractivity contribution in [1.82, 2.24) is 0 Å². The molecule has 4 rings (SSSR count). The molecule has 0 atom stereocenters. The van der Waals surface area contributed by atoms with Crippen LogP contribution in [0.4, 0.5) is 5.69 Å². The molecule has 1 aliphatic rings. The summed E-state index contributed by atoms with van der Waals surface area (Å²) in [5, 5.41) is 11.0. The van der Waals surface area contributed by atoms with Gasteiger partial charge in [-0.2, -0.15) is 0 Å². The number of carboxylic acid groups (broad SMARTS) is 1. The van der Waals surface area contributed by atoms with Gasteiger partial charge in [0.05, 0.1) is 16.6 Å². The van der Waals surface area contributed by atoms with Crippen LogP contribution >= 0.6 is 24.0 Å². The number of carbonyl (C=O) groups is 2. The lowest BCUT2D eigenvalue weighted by Gasteiger charge is -2.13. The molecule has 2 heterocycles. The van der Waals surface area contributed by atoms with Gasteiger partial charge in [-0.05, 0) is 35.9 Å². The Balaban J connectivity index is 1.61. The minimum atomic E-state index is -1.25. The third kappa shape index (κ3) is 3.49. The van der Waals surface area contributed by atoms with Gasteiger partial charge in [-0.15, -0.1) is 0 Å². The van der Waals surface area contributed by atoms with Gasteiger partial charge < -0.3 is 14.3 Å². The van der Waals surface area contributed by atoms with Gasteiger partial charge in [-0.25, -0.2) is 0 Å². The first-order valence-electron chi connectivity index (χ1n) is 8.27. The van der Waals surface area contributed by atoms with Crippen LogP contribution in [-0.4, -0.2) is 16.2 Å². The number of carbonyl (C=O) groups excluding carboxylic acids is 2. The Morgan fingerprint density at radius 3 is 2.61 bits per heavy atom. The van der Waals surface area contributed by atoms with Gasteiger partial charge in [0.25, 0.3) is 5.91 Å². The minimum Gasteiger partial charge on any atom is -0.545 e. The third-order valence-electron chi connectivity index (χ3n) is 4.09. The molecule has 1 fully saturated rings. The van der Waals surface area contributed by atoms with Crippen LogP contribution in [0.25, 0.3) is 17.4 Å². The molecule has 0 saturated carbocycles. The second-order valence-corrected chi connectivity index (χ2v) is 7.60. The Labute approximate surface area is 170 Å². The van der Waals surface area contributed by atoms with E-state index in [1.165, 1.54) is 28.8 Å². The zero-order chi connectivity index (χ0) is 19.7.